The molecule has 1 aromatic heterocycles. The number of hydrogen-bond acceptors (Lipinski definition) is 4. The maximum absolute atomic E-state index is 12.2. The minimum absolute atomic E-state index is 0.0987. The Balaban J connectivity index is 2.01. The van der Waals surface area contributed by atoms with Gasteiger partial charge in [-0.05, 0) is 29.9 Å². The summed E-state index contributed by atoms with van der Waals surface area (Å²) in [4.78, 5) is 12.8. The molecule has 106 valence electrons. The van der Waals surface area contributed by atoms with Crippen LogP contribution in [-0.4, -0.2) is 27.4 Å². The van der Waals surface area contributed by atoms with E-state index in [4.69, 9.17) is 11.6 Å². The second-order valence-electron chi connectivity index (χ2n) is 4.42. The van der Waals surface area contributed by atoms with Gasteiger partial charge in [-0.3, -0.25) is 4.79 Å². The molecule has 2 rings (SSSR count). The van der Waals surface area contributed by atoms with E-state index < -0.39 is 0 Å². The Morgan fingerprint density at radius 1 is 1.40 bits per heavy atom. The van der Waals surface area contributed by atoms with Crippen molar-refractivity contribution in [1.82, 2.24) is 14.9 Å². The molecular formula is C14H16ClN3OS. The highest BCUT2D eigenvalue weighted by Gasteiger charge is 2.18. The Morgan fingerprint density at radius 3 is 2.80 bits per heavy atom. The lowest BCUT2D eigenvalue weighted by molar-refractivity contribution is 0.0943. The number of nitrogens with one attached hydrogen (secondary N) is 1. The van der Waals surface area contributed by atoms with Crippen molar-refractivity contribution in [3.8, 4) is 0 Å². The highest BCUT2D eigenvalue weighted by Crippen LogP contribution is 2.12. The van der Waals surface area contributed by atoms with Crippen LogP contribution >= 0.6 is 23.1 Å². The van der Waals surface area contributed by atoms with E-state index in [9.17, 15) is 4.79 Å². The molecule has 0 aliphatic carbocycles. The van der Waals surface area contributed by atoms with Crippen LogP contribution in [0.4, 0.5) is 0 Å². The van der Waals surface area contributed by atoms with Crippen molar-refractivity contribution in [2.45, 2.75) is 25.8 Å². The predicted molar refractivity (Wildman–Crippen MR) is 81.4 cm³/mol. The Hall–Kier alpha value is -1.46. The first-order valence-electron chi connectivity index (χ1n) is 6.46. The first-order valence-corrected chi connectivity index (χ1v) is 7.77. The summed E-state index contributed by atoms with van der Waals surface area (Å²) in [7, 11) is 0. The summed E-state index contributed by atoms with van der Waals surface area (Å²) < 4.78 is 3.83. The molecule has 0 fully saturated rings. The van der Waals surface area contributed by atoms with E-state index in [0.717, 1.165) is 22.8 Å². The number of benzene rings is 1. The fourth-order valence-electron chi connectivity index (χ4n) is 1.91. The maximum Gasteiger partial charge on any atom is 0.265 e. The molecule has 1 unspecified atom stereocenters. The maximum atomic E-state index is 12.2. The van der Waals surface area contributed by atoms with Crippen LogP contribution < -0.4 is 5.32 Å². The fourth-order valence-corrected chi connectivity index (χ4v) is 2.75. The van der Waals surface area contributed by atoms with Crippen LogP contribution in [0.2, 0.25) is 0 Å². The van der Waals surface area contributed by atoms with Crippen LogP contribution in [0.25, 0.3) is 0 Å². The van der Waals surface area contributed by atoms with Crippen molar-refractivity contribution in [2.75, 3.05) is 5.88 Å². The third kappa shape index (κ3) is 3.77. The number of carbonyl (C=O) groups excluding carboxylic acids is 1. The van der Waals surface area contributed by atoms with Gasteiger partial charge in [-0.25, -0.2) is 0 Å². The Bertz CT molecular complexity index is 559. The van der Waals surface area contributed by atoms with Gasteiger partial charge >= 0.3 is 0 Å². The topological polar surface area (TPSA) is 54.9 Å². The van der Waals surface area contributed by atoms with Gasteiger partial charge in [-0.15, -0.1) is 16.7 Å². The molecule has 1 heterocycles. The molecule has 0 bridgehead atoms. The number of halogens is 1. The van der Waals surface area contributed by atoms with Crippen molar-refractivity contribution in [2.24, 2.45) is 0 Å². The van der Waals surface area contributed by atoms with Crippen molar-refractivity contribution >= 4 is 29.0 Å². The molecule has 0 spiro atoms. The van der Waals surface area contributed by atoms with E-state index in [1.54, 1.807) is 0 Å². The van der Waals surface area contributed by atoms with Gasteiger partial charge in [0.1, 0.15) is 4.88 Å². The molecule has 1 aromatic carbocycles. The molecule has 1 atom stereocenters. The third-order valence-electron chi connectivity index (χ3n) is 2.94. The second kappa shape index (κ2) is 7.36. The van der Waals surface area contributed by atoms with E-state index in [1.807, 2.05) is 37.3 Å². The highest BCUT2D eigenvalue weighted by molar-refractivity contribution is 7.08. The summed E-state index contributed by atoms with van der Waals surface area (Å²) in [6.07, 6.45) is 1.41. The van der Waals surface area contributed by atoms with Gasteiger partial charge in [-0.1, -0.05) is 41.7 Å². The van der Waals surface area contributed by atoms with Crippen LogP contribution in [-0.2, 0) is 12.8 Å². The third-order valence-corrected chi connectivity index (χ3v) is 4.08. The van der Waals surface area contributed by atoms with E-state index in [1.165, 1.54) is 0 Å². The first kappa shape index (κ1) is 14.9. The van der Waals surface area contributed by atoms with Gasteiger partial charge in [0.15, 0.2) is 0 Å². The number of amides is 1. The smallest absolute Gasteiger partial charge is 0.265 e. The molecule has 4 nitrogen and oxygen atoms in total. The largest absolute Gasteiger partial charge is 0.347 e. The zero-order chi connectivity index (χ0) is 14.4. The molecule has 1 amide bonds. The Kier molecular flexibility index (Phi) is 5.49. The second-order valence-corrected chi connectivity index (χ2v) is 5.48. The van der Waals surface area contributed by atoms with E-state index in [-0.39, 0.29) is 11.9 Å². The van der Waals surface area contributed by atoms with Crippen molar-refractivity contribution in [3.05, 3.63) is 46.5 Å². The number of aryl methyl sites for hydroxylation is 1. The van der Waals surface area contributed by atoms with Crippen molar-refractivity contribution in [1.29, 1.82) is 0 Å². The quantitative estimate of drug-likeness (QED) is 0.835. The van der Waals surface area contributed by atoms with E-state index in [2.05, 4.69) is 14.9 Å². The lowest BCUT2D eigenvalue weighted by Gasteiger charge is -2.15. The first-order chi connectivity index (χ1) is 9.74. The average molecular weight is 310 g/mol. The summed E-state index contributed by atoms with van der Waals surface area (Å²) in [5.41, 5.74) is 1.89. The summed E-state index contributed by atoms with van der Waals surface area (Å²) in [6, 6.07) is 9.87. The highest BCUT2D eigenvalue weighted by atomic mass is 35.5. The van der Waals surface area contributed by atoms with E-state index >= 15 is 0 Å². The SMILES string of the molecule is CCc1nnsc1C(=O)NC(CCl)Cc1ccccc1. The van der Waals surface area contributed by atoms with Crippen LogP contribution in [0, 0.1) is 0 Å². The summed E-state index contributed by atoms with van der Waals surface area (Å²) in [5.74, 6) is 0.229. The summed E-state index contributed by atoms with van der Waals surface area (Å²) in [6.45, 7) is 1.95. The van der Waals surface area contributed by atoms with Gasteiger partial charge < -0.3 is 5.32 Å². The lowest BCUT2D eigenvalue weighted by Crippen LogP contribution is -2.37. The average Bonchev–Trinajstić information content (AvgIpc) is 2.96. The molecule has 2 aromatic rings. The number of nitrogens with zero attached hydrogens (tertiary/aromatic N) is 2. The molecular weight excluding hydrogens is 294 g/mol. The number of rotatable bonds is 6. The van der Waals surface area contributed by atoms with Crippen molar-refractivity contribution < 1.29 is 4.79 Å². The Labute approximate surface area is 127 Å². The number of aromatic nitrogens is 2. The van der Waals surface area contributed by atoms with Crippen LogP contribution in [0.1, 0.15) is 27.9 Å². The molecule has 0 radical (unpaired) electrons. The van der Waals surface area contributed by atoms with Crippen molar-refractivity contribution in [3.63, 3.8) is 0 Å². The van der Waals surface area contributed by atoms with E-state index in [0.29, 0.717) is 23.6 Å². The Morgan fingerprint density at radius 2 is 2.15 bits per heavy atom. The molecule has 6 heteroatoms. The van der Waals surface area contributed by atoms with Crippen LogP contribution in [0.3, 0.4) is 0 Å². The summed E-state index contributed by atoms with van der Waals surface area (Å²) >= 11 is 7.08. The number of hydrogen-bond donors (Lipinski definition) is 1. The number of alkyl halides is 1. The van der Waals surface area contributed by atoms with Gasteiger partial charge in [0.05, 0.1) is 5.69 Å². The van der Waals surface area contributed by atoms with Gasteiger partial charge in [-0.2, -0.15) is 0 Å². The van der Waals surface area contributed by atoms with Crippen LogP contribution in [0.5, 0.6) is 0 Å². The van der Waals surface area contributed by atoms with Gasteiger partial charge in [0.25, 0.3) is 5.91 Å². The fraction of sp³-hybridized carbons (Fsp3) is 0.357. The van der Waals surface area contributed by atoms with Gasteiger partial charge in [0.2, 0.25) is 0 Å². The predicted octanol–water partition coefficient (Wildman–Crippen LogP) is 2.68. The van der Waals surface area contributed by atoms with Gasteiger partial charge in [0, 0.05) is 11.9 Å². The molecule has 20 heavy (non-hydrogen) atoms. The van der Waals surface area contributed by atoms with Crippen LogP contribution in [0.15, 0.2) is 30.3 Å². The minimum Gasteiger partial charge on any atom is -0.347 e. The zero-order valence-corrected chi connectivity index (χ0v) is 12.7. The summed E-state index contributed by atoms with van der Waals surface area (Å²) in [5, 5.41) is 6.90. The molecule has 0 saturated heterocycles. The number of carbonyl (C=O) groups is 1. The minimum atomic E-state index is -0.140. The molecule has 1 N–H and O–H groups in total. The standard InChI is InChI=1S/C14H16ClN3OS/c1-2-12-13(20-18-17-12)14(19)16-11(9-15)8-10-6-4-3-5-7-10/h3-7,11H,2,8-9H2,1H3,(H,16,19). The normalized spacial score (nSPS) is 12.1. The molecule has 0 aliphatic rings. The lowest BCUT2D eigenvalue weighted by atomic mass is 10.1. The molecule has 0 saturated carbocycles. The molecule has 0 aliphatic heterocycles. The monoisotopic (exact) mass is 309 g/mol. The zero-order valence-electron chi connectivity index (χ0n) is 11.2.